The lowest BCUT2D eigenvalue weighted by molar-refractivity contribution is 0.0904. The van der Waals surface area contributed by atoms with E-state index in [1.54, 1.807) is 36.7 Å². The Balaban J connectivity index is 2.19. The molecule has 0 saturated carbocycles. The fraction of sp³-hybridized carbons (Fsp3) is 0.182. The third-order valence-corrected chi connectivity index (χ3v) is 2.55. The Labute approximate surface area is 108 Å². The number of hydrogen-bond donors (Lipinski definition) is 1. The fourth-order valence-electron chi connectivity index (χ4n) is 1.51. The molecule has 0 aliphatic carbocycles. The molecule has 0 aliphatic heterocycles. The van der Waals surface area contributed by atoms with Gasteiger partial charge in [-0.1, -0.05) is 23.7 Å². The zero-order chi connectivity index (χ0) is 13.0. The third-order valence-electron chi connectivity index (χ3n) is 2.30. The molecule has 1 heterocycles. The molecule has 2 N–H and O–H groups in total. The summed E-state index contributed by atoms with van der Waals surface area (Å²) in [7, 11) is 0. The zero-order valence-corrected chi connectivity index (χ0v) is 10.1. The molecule has 6 nitrogen and oxygen atoms in total. The van der Waals surface area contributed by atoms with Crippen molar-refractivity contribution in [3.63, 3.8) is 0 Å². The van der Waals surface area contributed by atoms with Gasteiger partial charge in [-0.25, -0.2) is 4.79 Å². The molecule has 2 rings (SSSR count). The van der Waals surface area contributed by atoms with Gasteiger partial charge in [0.2, 0.25) is 0 Å². The normalized spacial score (nSPS) is 12.1. The maximum atomic E-state index is 10.9. The number of benzene rings is 1. The number of halogens is 1. The van der Waals surface area contributed by atoms with Crippen LogP contribution in [0.15, 0.2) is 36.7 Å². The van der Waals surface area contributed by atoms with E-state index >= 15 is 0 Å². The van der Waals surface area contributed by atoms with Gasteiger partial charge < -0.3 is 10.5 Å². The fourth-order valence-corrected chi connectivity index (χ4v) is 1.64. The number of ether oxygens (including phenoxy) is 1. The first-order valence-electron chi connectivity index (χ1n) is 5.21. The maximum Gasteiger partial charge on any atom is 0.405 e. The molecule has 1 aromatic heterocycles. The lowest BCUT2D eigenvalue weighted by Crippen LogP contribution is -2.22. The first kappa shape index (κ1) is 12.4. The molecule has 7 heteroatoms. The SMILES string of the molecule is NC(=O)OC(Cn1nccn1)c1ccc(Cl)cc1. The van der Waals surface area contributed by atoms with Crippen LogP contribution in [-0.4, -0.2) is 21.1 Å². The molecule has 0 fully saturated rings. The van der Waals surface area contributed by atoms with Crippen molar-refractivity contribution < 1.29 is 9.53 Å². The third kappa shape index (κ3) is 3.21. The molecular formula is C11H11ClN4O2. The van der Waals surface area contributed by atoms with Crippen LogP contribution < -0.4 is 5.73 Å². The van der Waals surface area contributed by atoms with Crippen LogP contribution in [0.1, 0.15) is 11.7 Å². The second kappa shape index (κ2) is 5.50. The van der Waals surface area contributed by atoms with Gasteiger partial charge in [-0.3, -0.25) is 0 Å². The highest BCUT2D eigenvalue weighted by atomic mass is 35.5. The Morgan fingerprint density at radius 3 is 2.50 bits per heavy atom. The van der Waals surface area contributed by atoms with Crippen molar-refractivity contribution in [3.05, 3.63) is 47.2 Å². The molecule has 0 saturated heterocycles. The maximum absolute atomic E-state index is 10.9. The van der Waals surface area contributed by atoms with Crippen molar-refractivity contribution >= 4 is 17.7 Å². The van der Waals surface area contributed by atoms with E-state index in [9.17, 15) is 4.79 Å². The van der Waals surface area contributed by atoms with Gasteiger partial charge in [0.25, 0.3) is 0 Å². The van der Waals surface area contributed by atoms with E-state index in [0.29, 0.717) is 5.02 Å². The van der Waals surface area contributed by atoms with Gasteiger partial charge >= 0.3 is 6.09 Å². The Hall–Kier alpha value is -2.08. The summed E-state index contributed by atoms with van der Waals surface area (Å²) in [5.41, 5.74) is 5.83. The lowest BCUT2D eigenvalue weighted by atomic mass is 10.1. The summed E-state index contributed by atoms with van der Waals surface area (Å²) in [4.78, 5) is 12.3. The number of carbonyl (C=O) groups excluding carboxylic acids is 1. The number of aromatic nitrogens is 3. The summed E-state index contributed by atoms with van der Waals surface area (Å²) in [5.74, 6) is 0. The van der Waals surface area contributed by atoms with Crippen LogP contribution in [0.2, 0.25) is 5.02 Å². The lowest BCUT2D eigenvalue weighted by Gasteiger charge is -2.16. The van der Waals surface area contributed by atoms with Gasteiger partial charge in [0.05, 0.1) is 12.4 Å². The largest absolute Gasteiger partial charge is 0.439 e. The number of nitrogens with two attached hydrogens (primary N) is 1. The minimum atomic E-state index is -0.845. The highest BCUT2D eigenvalue weighted by Gasteiger charge is 2.16. The Kier molecular flexibility index (Phi) is 3.78. The Morgan fingerprint density at radius 2 is 1.94 bits per heavy atom. The first-order chi connectivity index (χ1) is 8.65. The highest BCUT2D eigenvalue weighted by Crippen LogP contribution is 2.21. The van der Waals surface area contributed by atoms with E-state index < -0.39 is 12.2 Å². The van der Waals surface area contributed by atoms with Gasteiger partial charge in [0, 0.05) is 5.02 Å². The van der Waals surface area contributed by atoms with Crippen molar-refractivity contribution in [1.29, 1.82) is 0 Å². The predicted molar refractivity (Wildman–Crippen MR) is 64.9 cm³/mol. The zero-order valence-electron chi connectivity index (χ0n) is 9.36. The Morgan fingerprint density at radius 1 is 1.33 bits per heavy atom. The number of carbonyl (C=O) groups is 1. The second-order valence-electron chi connectivity index (χ2n) is 3.56. The van der Waals surface area contributed by atoms with Crippen molar-refractivity contribution in [2.75, 3.05) is 0 Å². The molecule has 0 radical (unpaired) electrons. The van der Waals surface area contributed by atoms with Crippen LogP contribution in [0.25, 0.3) is 0 Å². The average molecular weight is 267 g/mol. The van der Waals surface area contributed by atoms with Gasteiger partial charge in [0.1, 0.15) is 12.6 Å². The van der Waals surface area contributed by atoms with Crippen LogP contribution >= 0.6 is 11.6 Å². The van der Waals surface area contributed by atoms with E-state index in [1.807, 2.05) is 0 Å². The highest BCUT2D eigenvalue weighted by molar-refractivity contribution is 6.30. The standard InChI is InChI=1S/C11H11ClN4O2/c12-9-3-1-8(2-4-9)10(18-11(13)17)7-16-14-5-6-15-16/h1-6,10H,7H2,(H2,13,17). The molecule has 1 atom stereocenters. The Bertz CT molecular complexity index is 512. The van der Waals surface area contributed by atoms with E-state index in [4.69, 9.17) is 22.1 Å². The molecule has 18 heavy (non-hydrogen) atoms. The molecule has 0 bridgehead atoms. The van der Waals surface area contributed by atoms with Crippen molar-refractivity contribution in [2.45, 2.75) is 12.6 Å². The first-order valence-corrected chi connectivity index (χ1v) is 5.58. The van der Waals surface area contributed by atoms with Crippen LogP contribution in [-0.2, 0) is 11.3 Å². The van der Waals surface area contributed by atoms with Gasteiger partial charge in [-0.2, -0.15) is 15.0 Å². The number of rotatable bonds is 4. The minimum Gasteiger partial charge on any atom is -0.439 e. The van der Waals surface area contributed by atoms with Crippen molar-refractivity contribution in [1.82, 2.24) is 15.0 Å². The molecular weight excluding hydrogens is 256 g/mol. The van der Waals surface area contributed by atoms with Gasteiger partial charge in [-0.15, -0.1) is 0 Å². The molecule has 0 aliphatic rings. The van der Waals surface area contributed by atoms with E-state index in [0.717, 1.165) is 5.56 Å². The van der Waals surface area contributed by atoms with E-state index in [1.165, 1.54) is 4.80 Å². The van der Waals surface area contributed by atoms with Gasteiger partial charge in [-0.05, 0) is 17.7 Å². The minimum absolute atomic E-state index is 0.289. The summed E-state index contributed by atoms with van der Waals surface area (Å²) in [5, 5.41) is 8.51. The van der Waals surface area contributed by atoms with Crippen LogP contribution in [0.3, 0.4) is 0 Å². The summed E-state index contributed by atoms with van der Waals surface area (Å²) >= 11 is 5.80. The predicted octanol–water partition coefficient (Wildman–Crippen LogP) is 1.77. The summed E-state index contributed by atoms with van der Waals surface area (Å²) < 4.78 is 5.04. The van der Waals surface area contributed by atoms with E-state index in [2.05, 4.69) is 10.2 Å². The smallest absolute Gasteiger partial charge is 0.405 e. The average Bonchev–Trinajstić information content (AvgIpc) is 2.81. The monoisotopic (exact) mass is 266 g/mol. The topological polar surface area (TPSA) is 83.0 Å². The number of amides is 1. The van der Waals surface area contributed by atoms with Gasteiger partial charge in [0.15, 0.2) is 0 Å². The molecule has 0 spiro atoms. The van der Waals surface area contributed by atoms with Crippen molar-refractivity contribution in [3.8, 4) is 0 Å². The molecule has 1 unspecified atom stereocenters. The van der Waals surface area contributed by atoms with Crippen LogP contribution in [0.5, 0.6) is 0 Å². The molecule has 1 aromatic carbocycles. The molecule has 94 valence electrons. The quantitative estimate of drug-likeness (QED) is 0.914. The number of nitrogens with zero attached hydrogens (tertiary/aromatic N) is 3. The summed E-state index contributed by atoms with van der Waals surface area (Å²) in [6.07, 6.45) is 1.70. The molecule has 2 aromatic rings. The summed E-state index contributed by atoms with van der Waals surface area (Å²) in [6, 6.07) is 6.95. The van der Waals surface area contributed by atoms with Crippen molar-refractivity contribution in [2.24, 2.45) is 5.73 Å². The number of hydrogen-bond acceptors (Lipinski definition) is 4. The molecule has 1 amide bonds. The second-order valence-corrected chi connectivity index (χ2v) is 4.00. The summed E-state index contributed by atoms with van der Waals surface area (Å²) in [6.45, 7) is 0.289. The van der Waals surface area contributed by atoms with Crippen LogP contribution in [0.4, 0.5) is 4.79 Å². The number of primary amides is 1. The van der Waals surface area contributed by atoms with Crippen LogP contribution in [0, 0.1) is 0 Å². The van der Waals surface area contributed by atoms with E-state index in [-0.39, 0.29) is 6.54 Å².